The van der Waals surface area contributed by atoms with E-state index in [0.717, 1.165) is 19.0 Å². The van der Waals surface area contributed by atoms with Crippen LogP contribution in [0.25, 0.3) is 11.0 Å². The van der Waals surface area contributed by atoms with Gasteiger partial charge < -0.3 is 14.5 Å². The Morgan fingerprint density at radius 1 is 1.40 bits per heavy atom. The number of halogens is 3. The van der Waals surface area contributed by atoms with Crippen molar-refractivity contribution in [1.29, 1.82) is 0 Å². The standard InChI is InChI=1S/C14H14F3N3O4S/c15-14(16,17)25(22,23)24-10-5-11-9(6-19-12(11)20-7-10)3-4-18-13(21)8-1-2-8/h5-8H,1-4H2,(H,18,21)(H,19,20). The van der Waals surface area contributed by atoms with Gasteiger partial charge in [0.15, 0.2) is 5.75 Å². The Hall–Kier alpha value is -2.30. The van der Waals surface area contributed by atoms with Crippen molar-refractivity contribution >= 4 is 27.1 Å². The van der Waals surface area contributed by atoms with Crippen LogP contribution in [0, 0.1) is 5.92 Å². The number of hydrogen-bond donors (Lipinski definition) is 2. The molecule has 25 heavy (non-hydrogen) atoms. The summed E-state index contributed by atoms with van der Waals surface area (Å²) in [5.74, 6) is -0.469. The van der Waals surface area contributed by atoms with E-state index in [-0.39, 0.29) is 11.8 Å². The summed E-state index contributed by atoms with van der Waals surface area (Å²) in [6.45, 7) is 0.355. The molecule has 11 heteroatoms. The molecule has 0 unspecified atom stereocenters. The average molecular weight is 377 g/mol. The van der Waals surface area contributed by atoms with E-state index >= 15 is 0 Å². The molecule has 0 radical (unpaired) electrons. The molecule has 0 aliphatic heterocycles. The number of alkyl halides is 3. The summed E-state index contributed by atoms with van der Waals surface area (Å²) >= 11 is 0. The minimum absolute atomic E-state index is 0.0155. The van der Waals surface area contributed by atoms with Crippen LogP contribution in [0.2, 0.25) is 0 Å². The van der Waals surface area contributed by atoms with E-state index in [1.54, 1.807) is 6.20 Å². The second-order valence-corrected chi connectivity index (χ2v) is 7.22. The molecule has 3 rings (SSSR count). The number of aromatic amines is 1. The molecule has 2 heterocycles. The van der Waals surface area contributed by atoms with Gasteiger partial charge in [0.05, 0.1) is 6.20 Å². The zero-order chi connectivity index (χ0) is 18.2. The van der Waals surface area contributed by atoms with Crippen LogP contribution < -0.4 is 9.50 Å². The summed E-state index contributed by atoms with van der Waals surface area (Å²) in [6.07, 6.45) is 4.67. The number of nitrogens with zero attached hydrogens (tertiary/aromatic N) is 1. The molecule has 2 aromatic heterocycles. The van der Waals surface area contributed by atoms with Gasteiger partial charge in [-0.3, -0.25) is 4.79 Å². The van der Waals surface area contributed by atoms with Crippen molar-refractivity contribution in [3.63, 3.8) is 0 Å². The number of amides is 1. The highest BCUT2D eigenvalue weighted by Gasteiger charge is 2.48. The summed E-state index contributed by atoms with van der Waals surface area (Å²) in [4.78, 5) is 18.3. The first-order chi connectivity index (χ1) is 11.7. The minimum atomic E-state index is -5.75. The smallest absolute Gasteiger partial charge is 0.374 e. The lowest BCUT2D eigenvalue weighted by Crippen LogP contribution is -2.28. The maximum Gasteiger partial charge on any atom is 0.534 e. The van der Waals surface area contributed by atoms with Crippen LogP contribution in [0.5, 0.6) is 5.75 Å². The van der Waals surface area contributed by atoms with E-state index in [0.29, 0.717) is 29.6 Å². The molecule has 1 aliphatic rings. The lowest BCUT2D eigenvalue weighted by atomic mass is 10.1. The van der Waals surface area contributed by atoms with Crippen molar-refractivity contribution in [1.82, 2.24) is 15.3 Å². The van der Waals surface area contributed by atoms with Crippen molar-refractivity contribution in [2.45, 2.75) is 24.8 Å². The third-order valence-electron chi connectivity index (χ3n) is 3.72. The Balaban J connectivity index is 1.74. The van der Waals surface area contributed by atoms with E-state index in [1.807, 2.05) is 0 Å². The van der Waals surface area contributed by atoms with Crippen LogP contribution in [0.1, 0.15) is 18.4 Å². The van der Waals surface area contributed by atoms with Gasteiger partial charge in [-0.25, -0.2) is 4.98 Å². The highest BCUT2D eigenvalue weighted by molar-refractivity contribution is 7.88. The molecule has 1 saturated carbocycles. The van der Waals surface area contributed by atoms with Gasteiger partial charge in [-0.15, -0.1) is 0 Å². The summed E-state index contributed by atoms with van der Waals surface area (Å²) in [5.41, 5.74) is -4.47. The van der Waals surface area contributed by atoms with Crippen molar-refractivity contribution in [2.75, 3.05) is 6.54 Å². The van der Waals surface area contributed by atoms with E-state index in [9.17, 15) is 26.4 Å². The largest absolute Gasteiger partial charge is 0.534 e. The Morgan fingerprint density at radius 3 is 2.76 bits per heavy atom. The van der Waals surface area contributed by atoms with E-state index in [4.69, 9.17) is 0 Å². The minimum Gasteiger partial charge on any atom is -0.374 e. The number of hydrogen-bond acceptors (Lipinski definition) is 5. The van der Waals surface area contributed by atoms with Crippen molar-refractivity contribution in [3.05, 3.63) is 24.0 Å². The Labute approximate surface area is 140 Å². The molecule has 0 bridgehead atoms. The number of fused-ring (bicyclic) bond motifs is 1. The van der Waals surface area contributed by atoms with Crippen LogP contribution in [0.4, 0.5) is 13.2 Å². The second-order valence-electron chi connectivity index (χ2n) is 5.68. The third kappa shape index (κ3) is 3.86. The number of nitrogens with one attached hydrogen (secondary N) is 2. The first kappa shape index (κ1) is 17.5. The molecule has 0 saturated heterocycles. The molecule has 0 aromatic carbocycles. The van der Waals surface area contributed by atoms with Gasteiger partial charge >= 0.3 is 15.6 Å². The molecule has 1 aliphatic carbocycles. The Kier molecular flexibility index (Phi) is 4.35. The lowest BCUT2D eigenvalue weighted by molar-refractivity contribution is -0.122. The number of H-pyrrole nitrogens is 1. The van der Waals surface area contributed by atoms with Gasteiger partial charge in [-0.05, 0) is 30.9 Å². The number of carbonyl (C=O) groups excluding carboxylic acids is 1. The number of pyridine rings is 1. The van der Waals surface area contributed by atoms with Crippen LogP contribution in [0.15, 0.2) is 18.5 Å². The molecule has 2 N–H and O–H groups in total. The number of rotatable bonds is 6. The predicted molar refractivity (Wildman–Crippen MR) is 81.1 cm³/mol. The molecule has 7 nitrogen and oxygen atoms in total. The van der Waals surface area contributed by atoms with Gasteiger partial charge in [-0.1, -0.05) is 0 Å². The van der Waals surface area contributed by atoms with E-state index in [2.05, 4.69) is 19.5 Å². The van der Waals surface area contributed by atoms with Crippen molar-refractivity contribution in [3.8, 4) is 5.75 Å². The van der Waals surface area contributed by atoms with Gasteiger partial charge in [0, 0.05) is 24.0 Å². The fourth-order valence-electron chi connectivity index (χ4n) is 2.28. The highest BCUT2D eigenvalue weighted by Crippen LogP contribution is 2.30. The monoisotopic (exact) mass is 377 g/mol. The molecular weight excluding hydrogens is 363 g/mol. The first-order valence-electron chi connectivity index (χ1n) is 7.42. The first-order valence-corrected chi connectivity index (χ1v) is 8.83. The summed E-state index contributed by atoms with van der Waals surface area (Å²) in [6, 6.07) is 1.17. The maximum absolute atomic E-state index is 12.4. The SMILES string of the molecule is O=C(NCCc1c[nH]c2ncc(OS(=O)(=O)C(F)(F)F)cc12)C1CC1. The van der Waals surface area contributed by atoms with E-state index in [1.165, 1.54) is 6.07 Å². The van der Waals surface area contributed by atoms with Crippen molar-refractivity contribution < 1.29 is 30.6 Å². The maximum atomic E-state index is 12.4. The molecule has 2 aromatic rings. The summed E-state index contributed by atoms with van der Waals surface area (Å²) in [7, 11) is -5.75. The number of carbonyl (C=O) groups is 1. The normalized spacial score (nSPS) is 15.3. The van der Waals surface area contributed by atoms with Crippen LogP contribution in [-0.4, -0.2) is 36.3 Å². The molecule has 1 amide bonds. The Morgan fingerprint density at radius 2 is 2.12 bits per heavy atom. The van der Waals surface area contributed by atoms with Gasteiger partial charge in [-0.2, -0.15) is 21.6 Å². The molecular formula is C14H14F3N3O4S. The summed E-state index contributed by atoms with van der Waals surface area (Å²) < 4.78 is 63.4. The van der Waals surface area contributed by atoms with Crippen molar-refractivity contribution in [2.24, 2.45) is 5.92 Å². The highest BCUT2D eigenvalue weighted by atomic mass is 32.2. The third-order valence-corrected chi connectivity index (χ3v) is 4.70. The fraction of sp³-hybridized carbons (Fsp3) is 0.429. The predicted octanol–water partition coefficient (Wildman–Crippen LogP) is 1.86. The zero-order valence-electron chi connectivity index (χ0n) is 12.8. The molecule has 1 fully saturated rings. The van der Waals surface area contributed by atoms with Crippen LogP contribution in [0.3, 0.4) is 0 Å². The Bertz CT molecular complexity index is 904. The van der Waals surface area contributed by atoms with Crippen LogP contribution in [-0.2, 0) is 21.3 Å². The van der Waals surface area contributed by atoms with Gasteiger partial charge in [0.2, 0.25) is 5.91 Å². The van der Waals surface area contributed by atoms with E-state index < -0.39 is 21.4 Å². The quantitative estimate of drug-likeness (QED) is 0.591. The average Bonchev–Trinajstić information content (AvgIpc) is 3.29. The lowest BCUT2D eigenvalue weighted by Gasteiger charge is -2.09. The fourth-order valence-corrected chi connectivity index (χ4v) is 2.71. The summed E-state index contributed by atoms with van der Waals surface area (Å²) in [5, 5.41) is 3.20. The molecule has 0 spiro atoms. The van der Waals surface area contributed by atoms with Gasteiger partial charge in [0.25, 0.3) is 0 Å². The van der Waals surface area contributed by atoms with Gasteiger partial charge in [0.1, 0.15) is 5.65 Å². The van der Waals surface area contributed by atoms with Crippen LogP contribution >= 0.6 is 0 Å². The zero-order valence-corrected chi connectivity index (χ0v) is 13.6. The second kappa shape index (κ2) is 6.21. The molecule has 0 atom stereocenters. The molecule has 136 valence electrons. The topological polar surface area (TPSA) is 101 Å². The number of aromatic nitrogens is 2.